The van der Waals surface area contributed by atoms with Crippen molar-refractivity contribution in [3.05, 3.63) is 93.4 Å². The average Bonchev–Trinajstić information content (AvgIpc) is 3.22. The Kier molecular flexibility index (Phi) is 6.62. The maximum Gasteiger partial charge on any atom is 0.433 e. The number of aryl methyl sites for hydroxylation is 3. The second-order valence-corrected chi connectivity index (χ2v) is 8.64. The summed E-state index contributed by atoms with van der Waals surface area (Å²) in [4.78, 5) is 17.2. The Morgan fingerprint density at radius 1 is 1.03 bits per heavy atom. The summed E-state index contributed by atoms with van der Waals surface area (Å²) >= 11 is 0. The van der Waals surface area contributed by atoms with E-state index < -0.39 is 23.3 Å². The zero-order valence-corrected chi connectivity index (χ0v) is 19.7. The Balaban J connectivity index is 1.59. The van der Waals surface area contributed by atoms with Crippen LogP contribution >= 0.6 is 0 Å². The fourth-order valence-electron chi connectivity index (χ4n) is 4.26. The zero-order chi connectivity index (χ0) is 25.3. The van der Waals surface area contributed by atoms with Crippen LogP contribution in [0.25, 0.3) is 10.9 Å². The molecule has 2 aromatic heterocycles. The number of fused-ring (bicyclic) bond motifs is 1. The monoisotopic (exact) mass is 481 g/mol. The van der Waals surface area contributed by atoms with Crippen LogP contribution < -0.4 is 11.1 Å². The van der Waals surface area contributed by atoms with E-state index in [9.17, 15) is 18.0 Å². The predicted molar refractivity (Wildman–Crippen MR) is 128 cm³/mol. The standard InChI is InChI=1S/C26H26F3N5O/c1-15-8-19(11-30)9-16(2)21(15)12-31-25(35)22-13-32-34(24(22)26(27,28)29)14-18-5-7-23-20(10-18)6-4-17(3)33-23/h4-10,13H,11-12,14,30H2,1-3H3,(H,31,35). The van der Waals surface area contributed by atoms with Gasteiger partial charge in [0, 0.05) is 24.2 Å². The zero-order valence-electron chi connectivity index (χ0n) is 19.7. The number of carbonyl (C=O) groups excluding carboxylic acids is 1. The molecule has 0 aliphatic carbocycles. The number of nitrogens with one attached hydrogen (secondary N) is 1. The Labute approximate surface area is 201 Å². The molecule has 6 nitrogen and oxygen atoms in total. The lowest BCUT2D eigenvalue weighted by atomic mass is 9.99. The minimum atomic E-state index is -4.76. The van der Waals surface area contributed by atoms with Gasteiger partial charge in [-0.15, -0.1) is 0 Å². The fourth-order valence-corrected chi connectivity index (χ4v) is 4.26. The van der Waals surface area contributed by atoms with Crippen LogP contribution in [0.15, 0.2) is 48.7 Å². The third-order valence-corrected chi connectivity index (χ3v) is 6.00. The first-order chi connectivity index (χ1) is 16.6. The van der Waals surface area contributed by atoms with Gasteiger partial charge in [0.1, 0.15) is 0 Å². The van der Waals surface area contributed by atoms with Gasteiger partial charge in [0.2, 0.25) is 0 Å². The molecule has 0 radical (unpaired) electrons. The topological polar surface area (TPSA) is 85.8 Å². The first kappa shape index (κ1) is 24.4. The van der Waals surface area contributed by atoms with Crippen LogP contribution in [0.1, 0.15) is 49.6 Å². The Hall–Kier alpha value is -3.72. The maximum atomic E-state index is 14.0. The molecule has 0 unspecified atom stereocenters. The Morgan fingerprint density at radius 2 is 1.74 bits per heavy atom. The number of amides is 1. The molecule has 0 spiro atoms. The molecule has 0 fully saturated rings. The minimum Gasteiger partial charge on any atom is -0.348 e. The lowest BCUT2D eigenvalue weighted by Gasteiger charge is -2.15. The third-order valence-electron chi connectivity index (χ3n) is 6.00. The van der Waals surface area contributed by atoms with E-state index in [2.05, 4.69) is 15.4 Å². The summed E-state index contributed by atoms with van der Waals surface area (Å²) in [6.45, 7) is 5.99. The van der Waals surface area contributed by atoms with E-state index in [4.69, 9.17) is 5.73 Å². The van der Waals surface area contributed by atoms with E-state index in [1.165, 1.54) is 0 Å². The van der Waals surface area contributed by atoms with Crippen molar-refractivity contribution in [1.29, 1.82) is 0 Å². The average molecular weight is 482 g/mol. The van der Waals surface area contributed by atoms with Crippen LogP contribution in [-0.2, 0) is 25.8 Å². The first-order valence-electron chi connectivity index (χ1n) is 11.1. The first-order valence-corrected chi connectivity index (χ1v) is 11.1. The van der Waals surface area contributed by atoms with Gasteiger partial charge in [-0.2, -0.15) is 18.3 Å². The maximum absolute atomic E-state index is 14.0. The van der Waals surface area contributed by atoms with Crippen molar-refractivity contribution < 1.29 is 18.0 Å². The summed E-state index contributed by atoms with van der Waals surface area (Å²) in [5.74, 6) is -0.830. The molecule has 1 amide bonds. The van der Waals surface area contributed by atoms with Gasteiger partial charge in [-0.25, -0.2) is 0 Å². The van der Waals surface area contributed by atoms with Crippen molar-refractivity contribution in [2.45, 2.75) is 46.6 Å². The molecule has 3 N–H and O–H groups in total. The van der Waals surface area contributed by atoms with Crippen molar-refractivity contribution >= 4 is 16.8 Å². The number of carbonyl (C=O) groups is 1. The summed E-state index contributed by atoms with van der Waals surface area (Å²) < 4.78 is 42.9. The number of nitrogens with zero attached hydrogens (tertiary/aromatic N) is 3. The summed E-state index contributed by atoms with van der Waals surface area (Å²) in [7, 11) is 0. The van der Waals surface area contributed by atoms with Gasteiger partial charge >= 0.3 is 6.18 Å². The van der Waals surface area contributed by atoms with E-state index >= 15 is 0 Å². The highest BCUT2D eigenvalue weighted by Gasteiger charge is 2.40. The van der Waals surface area contributed by atoms with Crippen LogP contribution in [-0.4, -0.2) is 20.7 Å². The lowest BCUT2D eigenvalue weighted by molar-refractivity contribution is -0.144. The highest BCUT2D eigenvalue weighted by molar-refractivity contribution is 5.95. The number of alkyl halides is 3. The van der Waals surface area contributed by atoms with E-state index in [1.807, 2.05) is 45.0 Å². The highest BCUT2D eigenvalue weighted by Crippen LogP contribution is 2.33. The SMILES string of the molecule is Cc1ccc2cc(Cn3ncc(C(=O)NCc4c(C)cc(CN)cc4C)c3C(F)(F)F)ccc2n1. The summed E-state index contributed by atoms with van der Waals surface area (Å²) in [5, 5.41) is 7.35. The number of nitrogens with two attached hydrogens (primary N) is 1. The molecule has 4 rings (SSSR count). The summed E-state index contributed by atoms with van der Waals surface area (Å²) in [5.41, 5.74) is 9.97. The van der Waals surface area contributed by atoms with E-state index in [-0.39, 0.29) is 13.1 Å². The molecule has 0 aliphatic rings. The van der Waals surface area contributed by atoms with Crippen molar-refractivity contribution in [1.82, 2.24) is 20.1 Å². The van der Waals surface area contributed by atoms with Crippen LogP contribution in [0.2, 0.25) is 0 Å². The van der Waals surface area contributed by atoms with Gasteiger partial charge in [0.15, 0.2) is 5.69 Å². The number of benzene rings is 2. The smallest absolute Gasteiger partial charge is 0.348 e. The van der Waals surface area contributed by atoms with Gasteiger partial charge in [-0.1, -0.05) is 24.3 Å². The molecule has 0 saturated heterocycles. The Bertz CT molecular complexity index is 1390. The molecular formula is C26H26F3N5O. The van der Waals surface area contributed by atoms with Crippen molar-refractivity contribution in [3.63, 3.8) is 0 Å². The number of halogens is 3. The molecule has 0 saturated carbocycles. The normalized spacial score (nSPS) is 11.7. The number of hydrogen-bond acceptors (Lipinski definition) is 4. The van der Waals surface area contributed by atoms with Crippen LogP contribution in [0, 0.1) is 20.8 Å². The second kappa shape index (κ2) is 9.50. The number of pyridine rings is 1. The molecule has 0 aliphatic heterocycles. The van der Waals surface area contributed by atoms with Crippen molar-refractivity contribution in [2.75, 3.05) is 0 Å². The Morgan fingerprint density at radius 3 is 2.40 bits per heavy atom. The molecule has 2 aromatic carbocycles. The molecule has 0 atom stereocenters. The largest absolute Gasteiger partial charge is 0.433 e. The molecule has 35 heavy (non-hydrogen) atoms. The number of aromatic nitrogens is 3. The van der Waals surface area contributed by atoms with E-state index in [1.54, 1.807) is 18.2 Å². The van der Waals surface area contributed by atoms with Crippen LogP contribution in [0.3, 0.4) is 0 Å². The van der Waals surface area contributed by atoms with Gasteiger partial charge in [0.05, 0.1) is 23.8 Å². The van der Waals surface area contributed by atoms with Crippen molar-refractivity contribution in [2.24, 2.45) is 5.73 Å². The number of rotatable bonds is 6. The van der Waals surface area contributed by atoms with Gasteiger partial charge in [0.25, 0.3) is 5.91 Å². The van der Waals surface area contributed by atoms with E-state index in [0.29, 0.717) is 12.1 Å². The molecular weight excluding hydrogens is 455 g/mol. The second-order valence-electron chi connectivity index (χ2n) is 8.64. The lowest BCUT2D eigenvalue weighted by Crippen LogP contribution is -2.27. The third kappa shape index (κ3) is 5.19. The van der Waals surface area contributed by atoms with Crippen LogP contribution in [0.4, 0.5) is 13.2 Å². The van der Waals surface area contributed by atoms with E-state index in [0.717, 1.165) is 49.7 Å². The summed E-state index contributed by atoms with van der Waals surface area (Å²) in [6, 6.07) is 12.8. The molecule has 182 valence electrons. The van der Waals surface area contributed by atoms with Crippen LogP contribution in [0.5, 0.6) is 0 Å². The van der Waals surface area contributed by atoms with Gasteiger partial charge in [-0.3, -0.25) is 14.5 Å². The number of hydrogen-bond donors (Lipinski definition) is 2. The van der Waals surface area contributed by atoms with Crippen molar-refractivity contribution in [3.8, 4) is 0 Å². The molecule has 9 heteroatoms. The van der Waals surface area contributed by atoms with Gasteiger partial charge in [-0.05, 0) is 66.8 Å². The predicted octanol–water partition coefficient (Wildman–Crippen LogP) is 4.81. The highest BCUT2D eigenvalue weighted by atomic mass is 19.4. The molecule has 4 aromatic rings. The van der Waals surface area contributed by atoms with Gasteiger partial charge < -0.3 is 11.1 Å². The minimum absolute atomic E-state index is 0.0981. The summed E-state index contributed by atoms with van der Waals surface area (Å²) in [6.07, 6.45) is -3.78. The molecule has 2 heterocycles. The fraction of sp³-hybridized carbons (Fsp3) is 0.269. The molecule has 0 bridgehead atoms. The quantitative estimate of drug-likeness (QED) is 0.414.